The highest BCUT2D eigenvalue weighted by atomic mass is 16.2. The molecule has 0 bridgehead atoms. The van der Waals surface area contributed by atoms with Gasteiger partial charge in [0.05, 0.1) is 5.69 Å². The minimum absolute atomic E-state index is 0.132. The van der Waals surface area contributed by atoms with E-state index in [9.17, 15) is 4.79 Å². The lowest BCUT2D eigenvalue weighted by atomic mass is 10.0. The third kappa shape index (κ3) is 5.30. The van der Waals surface area contributed by atoms with E-state index in [-0.39, 0.29) is 12.1 Å². The van der Waals surface area contributed by atoms with Crippen molar-refractivity contribution < 1.29 is 4.79 Å². The lowest BCUT2D eigenvalue weighted by Crippen LogP contribution is -2.48. The molecule has 138 valence electrons. The van der Waals surface area contributed by atoms with Crippen LogP contribution in [0.25, 0.3) is 0 Å². The van der Waals surface area contributed by atoms with Gasteiger partial charge in [-0.25, -0.2) is 4.79 Å². The summed E-state index contributed by atoms with van der Waals surface area (Å²) in [5, 5.41) is 6.05. The average Bonchev–Trinajstić information content (AvgIpc) is 2.63. The van der Waals surface area contributed by atoms with E-state index in [4.69, 9.17) is 0 Å². The van der Waals surface area contributed by atoms with E-state index in [1.807, 2.05) is 36.5 Å². The Morgan fingerprint density at radius 2 is 2.04 bits per heavy atom. The molecule has 26 heavy (non-hydrogen) atoms. The number of carbonyl (C=O) groups is 1. The first-order chi connectivity index (χ1) is 12.6. The molecule has 1 aliphatic rings. The van der Waals surface area contributed by atoms with Crippen LogP contribution in [0.2, 0.25) is 0 Å². The molecule has 0 spiro atoms. The minimum atomic E-state index is -0.132. The molecule has 1 aromatic carbocycles. The van der Waals surface area contributed by atoms with Gasteiger partial charge >= 0.3 is 6.03 Å². The largest absolute Gasteiger partial charge is 0.334 e. The summed E-state index contributed by atoms with van der Waals surface area (Å²) < 4.78 is 0. The van der Waals surface area contributed by atoms with Gasteiger partial charge in [0.1, 0.15) is 0 Å². The molecule has 2 heterocycles. The number of hydrogen-bond donors (Lipinski definition) is 2. The summed E-state index contributed by atoms with van der Waals surface area (Å²) in [5.74, 6) is 0.491. The highest BCUT2D eigenvalue weighted by molar-refractivity contribution is 5.89. The molecule has 2 amide bonds. The van der Waals surface area contributed by atoms with Crippen molar-refractivity contribution in [3.8, 4) is 0 Å². The number of hydrogen-bond acceptors (Lipinski definition) is 3. The van der Waals surface area contributed by atoms with Crippen molar-refractivity contribution in [1.29, 1.82) is 0 Å². The van der Waals surface area contributed by atoms with Gasteiger partial charge in [-0.2, -0.15) is 0 Å². The van der Waals surface area contributed by atoms with E-state index in [1.165, 1.54) is 5.56 Å². The van der Waals surface area contributed by atoms with Crippen LogP contribution in [0.15, 0.2) is 48.7 Å². The molecule has 1 saturated heterocycles. The van der Waals surface area contributed by atoms with Crippen LogP contribution in [0.1, 0.15) is 43.9 Å². The number of urea groups is 1. The molecular formula is C21H28N4O. The van der Waals surface area contributed by atoms with Gasteiger partial charge in [-0.15, -0.1) is 0 Å². The number of likely N-dealkylation sites (tertiary alicyclic amines) is 1. The molecule has 5 heteroatoms. The molecule has 0 radical (unpaired) electrons. The van der Waals surface area contributed by atoms with Crippen LogP contribution in [0, 0.1) is 0 Å². The third-order valence-corrected chi connectivity index (χ3v) is 4.79. The van der Waals surface area contributed by atoms with Crippen LogP contribution >= 0.6 is 0 Å². The normalized spacial score (nSPS) is 17.9. The first kappa shape index (κ1) is 18.4. The van der Waals surface area contributed by atoms with Gasteiger partial charge in [-0.1, -0.05) is 32.0 Å². The zero-order chi connectivity index (χ0) is 18.4. The van der Waals surface area contributed by atoms with E-state index in [2.05, 4.69) is 46.5 Å². The smallest absolute Gasteiger partial charge is 0.319 e. The Balaban J connectivity index is 1.49. The molecule has 1 aliphatic heterocycles. The predicted molar refractivity (Wildman–Crippen MR) is 105 cm³/mol. The van der Waals surface area contributed by atoms with E-state index in [0.29, 0.717) is 5.92 Å². The summed E-state index contributed by atoms with van der Waals surface area (Å²) in [4.78, 5) is 19.1. The molecular weight excluding hydrogens is 324 g/mol. The Hall–Kier alpha value is -2.40. The van der Waals surface area contributed by atoms with Crippen molar-refractivity contribution in [2.75, 3.05) is 18.4 Å². The van der Waals surface area contributed by atoms with Crippen molar-refractivity contribution >= 4 is 11.7 Å². The van der Waals surface area contributed by atoms with Gasteiger partial charge in [0.25, 0.3) is 0 Å². The summed E-state index contributed by atoms with van der Waals surface area (Å²) in [6.07, 6.45) is 3.92. The first-order valence-corrected chi connectivity index (χ1v) is 9.40. The predicted octanol–water partition coefficient (Wildman–Crippen LogP) is 3.99. The maximum absolute atomic E-state index is 12.3. The van der Waals surface area contributed by atoms with Gasteiger partial charge in [-0.05, 0) is 55.1 Å². The fourth-order valence-electron chi connectivity index (χ4n) is 3.34. The zero-order valence-electron chi connectivity index (χ0n) is 15.6. The molecule has 2 N–H and O–H groups in total. The number of nitrogens with one attached hydrogen (secondary N) is 2. The molecule has 0 unspecified atom stereocenters. The maximum atomic E-state index is 12.3. The lowest BCUT2D eigenvalue weighted by molar-refractivity contribution is 0.182. The number of pyridine rings is 1. The Labute approximate surface area is 155 Å². The van der Waals surface area contributed by atoms with Crippen LogP contribution in [0.5, 0.6) is 0 Å². The van der Waals surface area contributed by atoms with Crippen molar-refractivity contribution in [2.24, 2.45) is 0 Å². The molecule has 0 saturated carbocycles. The second kappa shape index (κ2) is 8.81. The third-order valence-electron chi connectivity index (χ3n) is 4.79. The molecule has 1 aromatic heterocycles. The second-order valence-corrected chi connectivity index (χ2v) is 7.27. The van der Waals surface area contributed by atoms with E-state index < -0.39 is 0 Å². The number of aromatic nitrogens is 1. The van der Waals surface area contributed by atoms with Gasteiger partial charge in [0.2, 0.25) is 0 Å². The molecule has 2 aromatic rings. The van der Waals surface area contributed by atoms with Crippen LogP contribution in [0.3, 0.4) is 0 Å². The molecule has 0 aliphatic carbocycles. The quantitative estimate of drug-likeness (QED) is 0.855. The Morgan fingerprint density at radius 3 is 2.73 bits per heavy atom. The van der Waals surface area contributed by atoms with Crippen LogP contribution in [-0.2, 0) is 6.54 Å². The topological polar surface area (TPSA) is 57.3 Å². The van der Waals surface area contributed by atoms with E-state index >= 15 is 0 Å². The average molecular weight is 352 g/mol. The van der Waals surface area contributed by atoms with Crippen molar-refractivity contribution in [2.45, 2.75) is 45.2 Å². The zero-order valence-corrected chi connectivity index (χ0v) is 15.6. The molecule has 3 rings (SSSR count). The van der Waals surface area contributed by atoms with Gasteiger partial charge in [0, 0.05) is 31.0 Å². The van der Waals surface area contributed by atoms with Crippen LogP contribution < -0.4 is 10.6 Å². The molecule has 5 nitrogen and oxygen atoms in total. The fourth-order valence-corrected chi connectivity index (χ4v) is 3.34. The van der Waals surface area contributed by atoms with Crippen LogP contribution in [0.4, 0.5) is 10.5 Å². The van der Waals surface area contributed by atoms with Gasteiger partial charge in [-0.3, -0.25) is 9.88 Å². The minimum Gasteiger partial charge on any atom is -0.334 e. The summed E-state index contributed by atoms with van der Waals surface area (Å²) in [6, 6.07) is 14.1. The van der Waals surface area contributed by atoms with Gasteiger partial charge < -0.3 is 10.6 Å². The number of benzene rings is 1. The Morgan fingerprint density at radius 1 is 1.23 bits per heavy atom. The Kier molecular flexibility index (Phi) is 6.23. The highest BCUT2D eigenvalue weighted by Crippen LogP contribution is 2.17. The van der Waals surface area contributed by atoms with E-state index in [0.717, 1.165) is 43.9 Å². The number of piperidine rings is 1. The van der Waals surface area contributed by atoms with Crippen molar-refractivity contribution in [1.82, 2.24) is 15.2 Å². The SMILES string of the molecule is CC(C)c1ccc(NC(=O)N[C@@H]2CCCN(Cc3ccccn3)C2)cc1. The number of nitrogens with zero attached hydrogens (tertiary/aromatic N) is 2. The maximum Gasteiger partial charge on any atom is 0.319 e. The molecule has 1 atom stereocenters. The highest BCUT2D eigenvalue weighted by Gasteiger charge is 2.21. The fraction of sp³-hybridized carbons (Fsp3) is 0.429. The van der Waals surface area contributed by atoms with Crippen LogP contribution in [-0.4, -0.2) is 35.0 Å². The first-order valence-electron chi connectivity index (χ1n) is 9.40. The summed E-state index contributed by atoms with van der Waals surface area (Å²) in [5.41, 5.74) is 3.17. The standard InChI is InChI=1S/C21H28N4O/c1-16(2)17-8-10-18(11-9-17)23-21(26)24-20-7-5-13-25(15-20)14-19-6-3-4-12-22-19/h3-4,6,8-12,16,20H,5,7,13-15H2,1-2H3,(H2,23,24,26)/t20-/m1/s1. The number of anilines is 1. The van der Waals surface area contributed by atoms with Crippen molar-refractivity contribution in [3.63, 3.8) is 0 Å². The monoisotopic (exact) mass is 352 g/mol. The van der Waals surface area contributed by atoms with Crippen molar-refractivity contribution in [3.05, 3.63) is 59.9 Å². The second-order valence-electron chi connectivity index (χ2n) is 7.27. The number of carbonyl (C=O) groups excluding carboxylic acids is 1. The summed E-state index contributed by atoms with van der Waals surface area (Å²) >= 11 is 0. The number of rotatable bonds is 5. The molecule has 1 fully saturated rings. The number of amides is 2. The lowest BCUT2D eigenvalue weighted by Gasteiger charge is -2.32. The van der Waals surface area contributed by atoms with Gasteiger partial charge in [0.15, 0.2) is 0 Å². The summed E-state index contributed by atoms with van der Waals surface area (Å²) in [7, 11) is 0. The van der Waals surface area contributed by atoms with E-state index in [1.54, 1.807) is 0 Å². The Bertz CT molecular complexity index is 700. The summed E-state index contributed by atoms with van der Waals surface area (Å²) in [6.45, 7) is 7.06.